The highest BCUT2D eigenvalue weighted by Crippen LogP contribution is 2.28. The number of nitrogens with one attached hydrogen (secondary N) is 1. The Hall–Kier alpha value is -2.08. The zero-order chi connectivity index (χ0) is 15.2. The largest absolute Gasteiger partial charge is 0.496 e. The molecule has 1 heterocycles. The number of halogens is 1. The number of carbonyl (C=O) groups is 1. The first kappa shape index (κ1) is 15.3. The molecule has 0 unspecified atom stereocenters. The van der Waals surface area contributed by atoms with Crippen LogP contribution in [-0.4, -0.2) is 24.7 Å². The van der Waals surface area contributed by atoms with Crippen molar-refractivity contribution in [3.8, 4) is 5.75 Å². The van der Waals surface area contributed by atoms with Crippen molar-refractivity contribution in [3.63, 3.8) is 0 Å². The highest BCUT2D eigenvalue weighted by molar-refractivity contribution is 9.10. The number of esters is 1. The van der Waals surface area contributed by atoms with E-state index < -0.39 is 0 Å². The topological polar surface area (TPSA) is 60.5 Å². The van der Waals surface area contributed by atoms with Crippen LogP contribution in [0.5, 0.6) is 5.75 Å². The average molecular weight is 351 g/mol. The number of nitrogens with zero attached hydrogens (tertiary/aromatic N) is 1. The van der Waals surface area contributed by atoms with Crippen molar-refractivity contribution in [1.29, 1.82) is 0 Å². The van der Waals surface area contributed by atoms with Crippen LogP contribution in [-0.2, 0) is 4.74 Å². The predicted molar refractivity (Wildman–Crippen MR) is 84.2 cm³/mol. The molecule has 1 aromatic heterocycles. The molecule has 21 heavy (non-hydrogen) atoms. The van der Waals surface area contributed by atoms with Crippen molar-refractivity contribution >= 4 is 33.4 Å². The van der Waals surface area contributed by atoms with E-state index in [1.165, 1.54) is 6.20 Å². The Bertz CT molecular complexity index is 629. The summed E-state index contributed by atoms with van der Waals surface area (Å²) in [6, 6.07) is 9.01. The number of benzene rings is 1. The number of aromatic nitrogens is 1. The second-order valence-corrected chi connectivity index (χ2v) is 4.98. The van der Waals surface area contributed by atoms with Crippen LogP contribution in [0.15, 0.2) is 41.0 Å². The van der Waals surface area contributed by atoms with Gasteiger partial charge in [-0.15, -0.1) is 0 Å². The van der Waals surface area contributed by atoms with E-state index >= 15 is 0 Å². The van der Waals surface area contributed by atoms with Crippen molar-refractivity contribution in [1.82, 2.24) is 4.98 Å². The number of hydrogen-bond acceptors (Lipinski definition) is 5. The molecule has 0 atom stereocenters. The number of rotatable bonds is 5. The van der Waals surface area contributed by atoms with Crippen LogP contribution < -0.4 is 10.1 Å². The molecule has 0 fully saturated rings. The average Bonchev–Trinajstić information content (AvgIpc) is 2.48. The van der Waals surface area contributed by atoms with E-state index in [0.29, 0.717) is 18.0 Å². The van der Waals surface area contributed by atoms with E-state index in [1.54, 1.807) is 26.2 Å². The molecule has 0 aliphatic rings. The quantitative estimate of drug-likeness (QED) is 0.831. The molecule has 2 aromatic rings. The Morgan fingerprint density at radius 1 is 1.33 bits per heavy atom. The Kier molecular flexibility index (Phi) is 5.16. The van der Waals surface area contributed by atoms with Gasteiger partial charge in [0.05, 0.1) is 23.8 Å². The van der Waals surface area contributed by atoms with Gasteiger partial charge in [0.25, 0.3) is 0 Å². The summed E-state index contributed by atoms with van der Waals surface area (Å²) in [5.41, 5.74) is 1.29. The van der Waals surface area contributed by atoms with E-state index in [-0.39, 0.29) is 5.97 Å². The fraction of sp³-hybridized carbons (Fsp3) is 0.200. The maximum Gasteiger partial charge on any atom is 0.339 e. The Morgan fingerprint density at radius 3 is 2.71 bits per heavy atom. The van der Waals surface area contributed by atoms with Gasteiger partial charge in [0, 0.05) is 11.9 Å². The number of hydrogen-bond donors (Lipinski definition) is 1. The van der Waals surface area contributed by atoms with E-state index in [1.807, 2.05) is 18.2 Å². The third-order valence-corrected chi connectivity index (χ3v) is 3.32. The summed E-state index contributed by atoms with van der Waals surface area (Å²) in [4.78, 5) is 15.7. The molecule has 110 valence electrons. The van der Waals surface area contributed by atoms with Gasteiger partial charge in [-0.05, 0) is 53.2 Å². The standard InChI is InChI=1S/C15H15BrN2O3/c1-3-21-15(19)10-4-7-14(17-9-10)18-11-5-6-13(20-2)12(16)8-11/h4-9H,3H2,1-2H3,(H,17,18). The number of methoxy groups -OCH3 is 1. The van der Waals surface area contributed by atoms with Crippen LogP contribution in [0.3, 0.4) is 0 Å². The molecule has 0 radical (unpaired) electrons. The normalized spacial score (nSPS) is 10.0. The summed E-state index contributed by atoms with van der Waals surface area (Å²) in [6.07, 6.45) is 1.49. The lowest BCUT2D eigenvalue weighted by Crippen LogP contribution is -2.05. The number of carbonyl (C=O) groups excluding carboxylic acids is 1. The first-order valence-electron chi connectivity index (χ1n) is 6.37. The van der Waals surface area contributed by atoms with Crippen molar-refractivity contribution in [3.05, 3.63) is 46.6 Å². The number of anilines is 2. The Balaban J connectivity index is 2.10. The molecule has 1 aromatic carbocycles. The van der Waals surface area contributed by atoms with Crippen molar-refractivity contribution in [2.24, 2.45) is 0 Å². The maximum absolute atomic E-state index is 11.5. The van der Waals surface area contributed by atoms with Crippen molar-refractivity contribution < 1.29 is 14.3 Å². The van der Waals surface area contributed by atoms with Gasteiger partial charge < -0.3 is 14.8 Å². The molecule has 0 aliphatic carbocycles. The molecule has 5 nitrogen and oxygen atoms in total. The SMILES string of the molecule is CCOC(=O)c1ccc(Nc2ccc(OC)c(Br)c2)nc1. The molecule has 0 saturated heterocycles. The smallest absolute Gasteiger partial charge is 0.339 e. The Morgan fingerprint density at radius 2 is 2.14 bits per heavy atom. The lowest BCUT2D eigenvalue weighted by atomic mass is 10.2. The highest BCUT2D eigenvalue weighted by Gasteiger charge is 2.07. The summed E-state index contributed by atoms with van der Waals surface area (Å²) in [7, 11) is 1.61. The summed E-state index contributed by atoms with van der Waals surface area (Å²) in [5, 5.41) is 3.15. The zero-order valence-corrected chi connectivity index (χ0v) is 13.3. The van der Waals surface area contributed by atoms with Crippen molar-refractivity contribution in [2.75, 3.05) is 19.0 Å². The molecule has 2 rings (SSSR count). The third kappa shape index (κ3) is 3.95. The first-order chi connectivity index (χ1) is 10.1. The molecular formula is C15H15BrN2O3. The van der Waals surface area contributed by atoms with E-state index in [0.717, 1.165) is 15.9 Å². The predicted octanol–water partition coefficient (Wildman–Crippen LogP) is 3.77. The minimum Gasteiger partial charge on any atom is -0.496 e. The molecule has 0 bridgehead atoms. The van der Waals surface area contributed by atoms with Gasteiger partial charge in [-0.2, -0.15) is 0 Å². The van der Waals surface area contributed by atoms with Gasteiger partial charge in [-0.1, -0.05) is 0 Å². The van der Waals surface area contributed by atoms with Crippen LogP contribution in [0.4, 0.5) is 11.5 Å². The lowest BCUT2D eigenvalue weighted by Gasteiger charge is -2.09. The Labute approximate surface area is 131 Å². The van der Waals surface area contributed by atoms with Crippen LogP contribution in [0, 0.1) is 0 Å². The summed E-state index contributed by atoms with van der Waals surface area (Å²) in [6.45, 7) is 2.11. The fourth-order valence-electron chi connectivity index (χ4n) is 1.70. The van der Waals surface area contributed by atoms with E-state index in [9.17, 15) is 4.79 Å². The first-order valence-corrected chi connectivity index (χ1v) is 7.17. The van der Waals surface area contributed by atoms with Gasteiger partial charge in [-0.3, -0.25) is 0 Å². The molecule has 0 amide bonds. The minimum absolute atomic E-state index is 0.346. The molecule has 6 heteroatoms. The van der Waals surface area contributed by atoms with E-state index in [4.69, 9.17) is 9.47 Å². The van der Waals surface area contributed by atoms with Gasteiger partial charge in [0.2, 0.25) is 0 Å². The monoisotopic (exact) mass is 350 g/mol. The second kappa shape index (κ2) is 7.08. The molecular weight excluding hydrogens is 336 g/mol. The summed E-state index contributed by atoms with van der Waals surface area (Å²) < 4.78 is 10.9. The van der Waals surface area contributed by atoms with Crippen molar-refractivity contribution in [2.45, 2.75) is 6.92 Å². The minimum atomic E-state index is -0.372. The molecule has 1 N–H and O–H groups in total. The summed E-state index contributed by atoms with van der Waals surface area (Å²) >= 11 is 3.42. The van der Waals surface area contributed by atoms with Crippen LogP contribution >= 0.6 is 15.9 Å². The molecule has 0 spiro atoms. The van der Waals surface area contributed by atoms with Gasteiger partial charge in [0.15, 0.2) is 0 Å². The van der Waals surface area contributed by atoms with Gasteiger partial charge in [-0.25, -0.2) is 9.78 Å². The molecule has 0 saturated carbocycles. The third-order valence-electron chi connectivity index (χ3n) is 2.70. The zero-order valence-electron chi connectivity index (χ0n) is 11.7. The maximum atomic E-state index is 11.5. The second-order valence-electron chi connectivity index (χ2n) is 4.13. The lowest BCUT2D eigenvalue weighted by molar-refractivity contribution is 0.0526. The van der Waals surface area contributed by atoms with Gasteiger partial charge >= 0.3 is 5.97 Å². The number of ether oxygens (including phenoxy) is 2. The van der Waals surface area contributed by atoms with E-state index in [2.05, 4.69) is 26.2 Å². The van der Waals surface area contributed by atoms with Crippen LogP contribution in [0.25, 0.3) is 0 Å². The van der Waals surface area contributed by atoms with Gasteiger partial charge in [0.1, 0.15) is 11.6 Å². The highest BCUT2D eigenvalue weighted by atomic mass is 79.9. The summed E-state index contributed by atoms with van der Waals surface area (Å²) in [5.74, 6) is 1.02. The molecule has 0 aliphatic heterocycles. The fourth-order valence-corrected chi connectivity index (χ4v) is 2.24. The van der Waals surface area contributed by atoms with Crippen LogP contribution in [0.1, 0.15) is 17.3 Å². The van der Waals surface area contributed by atoms with Crippen LogP contribution in [0.2, 0.25) is 0 Å². The number of pyridine rings is 1.